The zero-order chi connectivity index (χ0) is 17.9. The van der Waals surface area contributed by atoms with Crippen molar-refractivity contribution >= 4 is 11.6 Å². The maximum atomic E-state index is 12.8. The minimum Gasteiger partial charge on any atom is -0.322 e. The van der Waals surface area contributed by atoms with Crippen molar-refractivity contribution in [2.24, 2.45) is 0 Å². The molecule has 0 aliphatic carbocycles. The van der Waals surface area contributed by atoms with Gasteiger partial charge in [0.1, 0.15) is 0 Å². The number of carbonyl (C=O) groups excluding carboxylic acids is 1. The molecule has 3 rings (SSSR count). The van der Waals surface area contributed by atoms with Gasteiger partial charge in [-0.05, 0) is 36.4 Å². The third kappa shape index (κ3) is 4.03. The lowest BCUT2D eigenvalue weighted by molar-refractivity contribution is -0.137. The lowest BCUT2D eigenvalue weighted by Gasteiger charge is -2.09. The standard InChI is InChI=1S/C19H13F3N2O/c20-19(21,22)15-10-11-23-17(12-15)13-6-8-14(9-7-13)18(25)24-16-4-2-1-3-5-16/h1-12H,(H,24,25). The van der Waals surface area contributed by atoms with E-state index in [0.717, 1.165) is 18.3 Å². The van der Waals surface area contributed by atoms with Crippen LogP contribution in [0.3, 0.4) is 0 Å². The molecule has 0 saturated heterocycles. The fourth-order valence-corrected chi connectivity index (χ4v) is 2.28. The summed E-state index contributed by atoms with van der Waals surface area (Å²) in [5.74, 6) is -0.297. The van der Waals surface area contributed by atoms with Crippen molar-refractivity contribution in [1.29, 1.82) is 0 Å². The maximum Gasteiger partial charge on any atom is 0.416 e. The van der Waals surface area contributed by atoms with E-state index in [4.69, 9.17) is 0 Å². The van der Waals surface area contributed by atoms with Crippen molar-refractivity contribution in [3.05, 3.63) is 84.1 Å². The van der Waals surface area contributed by atoms with Crippen molar-refractivity contribution < 1.29 is 18.0 Å². The molecule has 2 aromatic carbocycles. The number of aromatic nitrogens is 1. The fourth-order valence-electron chi connectivity index (χ4n) is 2.28. The molecule has 25 heavy (non-hydrogen) atoms. The van der Waals surface area contributed by atoms with Crippen LogP contribution < -0.4 is 5.32 Å². The van der Waals surface area contributed by atoms with Crippen LogP contribution in [0, 0.1) is 0 Å². The Balaban J connectivity index is 1.80. The average Bonchev–Trinajstić information content (AvgIpc) is 2.62. The molecule has 0 fully saturated rings. The minimum atomic E-state index is -4.42. The summed E-state index contributed by atoms with van der Waals surface area (Å²) in [5.41, 5.74) is 1.01. The number of amides is 1. The number of carbonyl (C=O) groups is 1. The number of nitrogens with zero attached hydrogens (tertiary/aromatic N) is 1. The Kier molecular flexibility index (Phi) is 4.52. The SMILES string of the molecule is O=C(Nc1ccccc1)c1ccc(-c2cc(C(F)(F)F)ccn2)cc1. The molecule has 1 N–H and O–H groups in total. The molecule has 0 spiro atoms. The summed E-state index contributed by atoms with van der Waals surface area (Å²) in [5, 5.41) is 2.74. The zero-order valence-electron chi connectivity index (χ0n) is 12.9. The largest absolute Gasteiger partial charge is 0.416 e. The number of anilines is 1. The van der Waals surface area contributed by atoms with E-state index in [9.17, 15) is 18.0 Å². The highest BCUT2D eigenvalue weighted by Crippen LogP contribution is 2.31. The van der Waals surface area contributed by atoms with Crippen LogP contribution in [0.4, 0.5) is 18.9 Å². The van der Waals surface area contributed by atoms with Gasteiger partial charge in [-0.15, -0.1) is 0 Å². The van der Waals surface area contributed by atoms with Crippen LogP contribution in [0.25, 0.3) is 11.3 Å². The van der Waals surface area contributed by atoms with Crippen LogP contribution in [0.2, 0.25) is 0 Å². The van der Waals surface area contributed by atoms with Crippen molar-refractivity contribution in [2.45, 2.75) is 6.18 Å². The Bertz CT molecular complexity index is 875. The topological polar surface area (TPSA) is 42.0 Å². The lowest BCUT2D eigenvalue weighted by atomic mass is 10.1. The highest BCUT2D eigenvalue weighted by molar-refractivity contribution is 6.04. The first-order chi connectivity index (χ1) is 11.9. The van der Waals surface area contributed by atoms with E-state index >= 15 is 0 Å². The van der Waals surface area contributed by atoms with Crippen LogP contribution in [-0.4, -0.2) is 10.9 Å². The first-order valence-corrected chi connectivity index (χ1v) is 7.43. The number of alkyl halides is 3. The molecule has 3 aromatic rings. The summed E-state index contributed by atoms with van der Waals surface area (Å²) >= 11 is 0. The van der Waals surface area contributed by atoms with Gasteiger partial charge >= 0.3 is 6.18 Å². The molecule has 0 saturated carbocycles. The quantitative estimate of drug-likeness (QED) is 0.726. The van der Waals surface area contributed by atoms with Crippen LogP contribution in [0.1, 0.15) is 15.9 Å². The number of benzene rings is 2. The lowest BCUT2D eigenvalue weighted by Crippen LogP contribution is -2.11. The molecular weight excluding hydrogens is 329 g/mol. The summed E-state index contributed by atoms with van der Waals surface area (Å²) in [6, 6.07) is 17.1. The van der Waals surface area contributed by atoms with Crippen molar-refractivity contribution in [3.63, 3.8) is 0 Å². The summed E-state index contributed by atoms with van der Waals surface area (Å²) in [6.45, 7) is 0. The summed E-state index contributed by atoms with van der Waals surface area (Å²) < 4.78 is 38.3. The van der Waals surface area contributed by atoms with Crippen molar-refractivity contribution in [2.75, 3.05) is 5.32 Å². The second kappa shape index (κ2) is 6.76. The first-order valence-electron chi connectivity index (χ1n) is 7.43. The Morgan fingerprint density at radius 2 is 1.60 bits per heavy atom. The van der Waals surface area contributed by atoms with Gasteiger partial charge in [0.05, 0.1) is 11.3 Å². The highest BCUT2D eigenvalue weighted by atomic mass is 19.4. The molecule has 0 bridgehead atoms. The van der Waals surface area contributed by atoms with Crippen LogP contribution in [0.15, 0.2) is 72.9 Å². The van der Waals surface area contributed by atoms with Gasteiger partial charge in [-0.1, -0.05) is 30.3 Å². The Morgan fingerprint density at radius 1 is 0.920 bits per heavy atom. The predicted molar refractivity (Wildman–Crippen MR) is 89.1 cm³/mol. The maximum absolute atomic E-state index is 12.8. The van der Waals surface area contributed by atoms with Crippen molar-refractivity contribution in [1.82, 2.24) is 4.98 Å². The monoisotopic (exact) mass is 342 g/mol. The van der Waals surface area contributed by atoms with Gasteiger partial charge in [0.2, 0.25) is 0 Å². The van der Waals surface area contributed by atoms with Gasteiger partial charge in [0.15, 0.2) is 0 Å². The molecule has 1 amide bonds. The normalized spacial score (nSPS) is 11.2. The molecule has 126 valence electrons. The fraction of sp³-hybridized carbons (Fsp3) is 0.0526. The molecular formula is C19H13F3N2O. The van der Waals surface area contributed by atoms with Gasteiger partial charge in [0.25, 0.3) is 5.91 Å². The van der Waals surface area contributed by atoms with E-state index in [0.29, 0.717) is 16.8 Å². The summed E-state index contributed by atoms with van der Waals surface area (Å²) in [7, 11) is 0. The Labute approximate surface area is 142 Å². The molecule has 0 radical (unpaired) electrons. The van der Waals surface area contributed by atoms with Crippen LogP contribution in [0.5, 0.6) is 0 Å². The molecule has 3 nitrogen and oxygen atoms in total. The Morgan fingerprint density at radius 3 is 2.24 bits per heavy atom. The van der Waals surface area contributed by atoms with Gasteiger partial charge in [-0.25, -0.2) is 0 Å². The Hall–Kier alpha value is -3.15. The second-order valence-electron chi connectivity index (χ2n) is 5.33. The number of halogens is 3. The summed E-state index contributed by atoms with van der Waals surface area (Å²) in [4.78, 5) is 16.1. The number of para-hydroxylation sites is 1. The van der Waals surface area contributed by atoms with Crippen molar-refractivity contribution in [3.8, 4) is 11.3 Å². The number of pyridine rings is 1. The average molecular weight is 342 g/mol. The molecule has 0 unspecified atom stereocenters. The molecule has 0 aliphatic rings. The van der Waals surface area contributed by atoms with E-state index in [-0.39, 0.29) is 11.6 Å². The minimum absolute atomic E-state index is 0.199. The van der Waals surface area contributed by atoms with Gasteiger partial charge in [0, 0.05) is 23.0 Å². The van der Waals surface area contributed by atoms with Gasteiger partial charge in [-0.2, -0.15) is 13.2 Å². The number of nitrogens with one attached hydrogen (secondary N) is 1. The summed E-state index contributed by atoms with van der Waals surface area (Å²) in [6.07, 6.45) is -3.30. The zero-order valence-corrected chi connectivity index (χ0v) is 12.9. The number of rotatable bonds is 3. The van der Waals surface area contributed by atoms with E-state index in [1.807, 2.05) is 6.07 Å². The molecule has 6 heteroatoms. The van der Waals surface area contributed by atoms with E-state index < -0.39 is 11.7 Å². The van der Waals surface area contributed by atoms with Gasteiger partial charge < -0.3 is 5.32 Å². The van der Waals surface area contributed by atoms with E-state index in [1.54, 1.807) is 48.5 Å². The number of hydrogen-bond acceptors (Lipinski definition) is 2. The van der Waals surface area contributed by atoms with Gasteiger partial charge in [-0.3, -0.25) is 9.78 Å². The number of hydrogen-bond donors (Lipinski definition) is 1. The molecule has 0 atom stereocenters. The van der Waals surface area contributed by atoms with Crippen LogP contribution in [-0.2, 0) is 6.18 Å². The molecule has 1 aromatic heterocycles. The van der Waals surface area contributed by atoms with Crippen LogP contribution >= 0.6 is 0 Å². The second-order valence-corrected chi connectivity index (χ2v) is 5.33. The van der Waals surface area contributed by atoms with E-state index in [1.165, 1.54) is 0 Å². The molecule has 0 aliphatic heterocycles. The third-order valence-electron chi connectivity index (χ3n) is 3.56. The predicted octanol–water partition coefficient (Wildman–Crippen LogP) is 5.02. The highest BCUT2D eigenvalue weighted by Gasteiger charge is 2.30. The first kappa shape index (κ1) is 16.7. The smallest absolute Gasteiger partial charge is 0.322 e. The molecule has 1 heterocycles. The third-order valence-corrected chi connectivity index (χ3v) is 3.56. The van der Waals surface area contributed by atoms with E-state index in [2.05, 4.69) is 10.3 Å².